The molecule has 18 heavy (non-hydrogen) atoms. The number of rotatable bonds is 4. The van der Waals surface area contributed by atoms with Gasteiger partial charge in [0.25, 0.3) is 0 Å². The van der Waals surface area contributed by atoms with Crippen molar-refractivity contribution in [1.29, 1.82) is 0 Å². The first-order chi connectivity index (χ1) is 8.72. The normalized spacial score (nSPS) is 10.7. The molecule has 0 spiro atoms. The van der Waals surface area contributed by atoms with Crippen LogP contribution in [0.2, 0.25) is 0 Å². The topological polar surface area (TPSA) is 28.2 Å². The fourth-order valence-electron chi connectivity index (χ4n) is 2.41. The number of aryl methyl sites for hydroxylation is 1. The third-order valence-corrected chi connectivity index (χ3v) is 3.43. The number of pyridine rings is 1. The zero-order valence-electron chi connectivity index (χ0n) is 11.6. The van der Waals surface area contributed by atoms with Crippen LogP contribution in [0.5, 0.6) is 0 Å². The van der Waals surface area contributed by atoms with E-state index >= 15 is 0 Å². The van der Waals surface area contributed by atoms with Crippen LogP contribution in [0, 0.1) is 6.92 Å². The van der Waals surface area contributed by atoms with Gasteiger partial charge < -0.3 is 10.2 Å². The molecule has 0 amide bonds. The van der Waals surface area contributed by atoms with Crippen molar-refractivity contribution < 1.29 is 0 Å². The SMILES string of the molecule is CCN(CC)c1ncc(NC)c2cccc(C)c12. The van der Waals surface area contributed by atoms with Gasteiger partial charge in [-0.2, -0.15) is 0 Å². The Morgan fingerprint density at radius 3 is 2.56 bits per heavy atom. The highest BCUT2D eigenvalue weighted by molar-refractivity contribution is 6.02. The average molecular weight is 243 g/mol. The van der Waals surface area contributed by atoms with Crippen LogP contribution in [-0.4, -0.2) is 25.1 Å². The monoisotopic (exact) mass is 243 g/mol. The van der Waals surface area contributed by atoms with Gasteiger partial charge in [0.15, 0.2) is 0 Å². The van der Waals surface area contributed by atoms with E-state index in [-0.39, 0.29) is 0 Å². The Balaban J connectivity index is 2.76. The van der Waals surface area contributed by atoms with E-state index in [1.54, 1.807) is 0 Å². The number of fused-ring (bicyclic) bond motifs is 1. The van der Waals surface area contributed by atoms with Gasteiger partial charge in [-0.15, -0.1) is 0 Å². The molecule has 0 radical (unpaired) electrons. The quantitative estimate of drug-likeness (QED) is 0.891. The van der Waals surface area contributed by atoms with E-state index < -0.39 is 0 Å². The van der Waals surface area contributed by atoms with Gasteiger partial charge in [-0.1, -0.05) is 18.2 Å². The maximum absolute atomic E-state index is 4.64. The summed E-state index contributed by atoms with van der Waals surface area (Å²) in [5, 5.41) is 5.72. The summed E-state index contributed by atoms with van der Waals surface area (Å²) < 4.78 is 0. The first-order valence-corrected chi connectivity index (χ1v) is 6.53. The second kappa shape index (κ2) is 5.25. The Hall–Kier alpha value is -1.77. The Labute approximate surface area is 109 Å². The molecule has 0 aliphatic heterocycles. The third kappa shape index (κ3) is 2.01. The van der Waals surface area contributed by atoms with E-state index in [4.69, 9.17) is 0 Å². The molecule has 3 nitrogen and oxygen atoms in total. The number of anilines is 2. The number of aromatic nitrogens is 1. The maximum Gasteiger partial charge on any atom is 0.136 e. The van der Waals surface area contributed by atoms with Crippen molar-refractivity contribution in [3.8, 4) is 0 Å². The lowest BCUT2D eigenvalue weighted by Gasteiger charge is -2.23. The lowest BCUT2D eigenvalue weighted by atomic mass is 10.0. The molecule has 0 saturated heterocycles. The zero-order chi connectivity index (χ0) is 13.1. The molecule has 3 heteroatoms. The van der Waals surface area contributed by atoms with E-state index in [0.717, 1.165) is 24.6 Å². The summed E-state index contributed by atoms with van der Waals surface area (Å²) >= 11 is 0. The second-order valence-corrected chi connectivity index (χ2v) is 4.42. The van der Waals surface area contributed by atoms with Crippen LogP contribution in [0.15, 0.2) is 24.4 Å². The molecule has 0 atom stereocenters. The molecule has 1 aromatic carbocycles. The minimum absolute atomic E-state index is 0.978. The van der Waals surface area contributed by atoms with Crippen molar-refractivity contribution in [3.63, 3.8) is 0 Å². The lowest BCUT2D eigenvalue weighted by Crippen LogP contribution is -2.23. The van der Waals surface area contributed by atoms with Gasteiger partial charge in [-0.3, -0.25) is 0 Å². The second-order valence-electron chi connectivity index (χ2n) is 4.42. The highest BCUT2D eigenvalue weighted by Gasteiger charge is 2.12. The van der Waals surface area contributed by atoms with Crippen LogP contribution >= 0.6 is 0 Å². The molecule has 0 fully saturated rings. The summed E-state index contributed by atoms with van der Waals surface area (Å²) in [5.74, 6) is 1.09. The molecule has 2 rings (SSSR count). The summed E-state index contributed by atoms with van der Waals surface area (Å²) in [6.07, 6.45) is 1.93. The molecule has 0 saturated carbocycles. The smallest absolute Gasteiger partial charge is 0.136 e. The van der Waals surface area contributed by atoms with Crippen molar-refractivity contribution >= 4 is 22.3 Å². The van der Waals surface area contributed by atoms with Gasteiger partial charge in [-0.05, 0) is 26.3 Å². The summed E-state index contributed by atoms with van der Waals surface area (Å²) in [6.45, 7) is 8.44. The van der Waals surface area contributed by atoms with Gasteiger partial charge in [0.05, 0.1) is 11.9 Å². The van der Waals surface area contributed by atoms with E-state index in [2.05, 4.69) is 54.2 Å². The fourth-order valence-corrected chi connectivity index (χ4v) is 2.41. The number of hydrogen-bond acceptors (Lipinski definition) is 3. The molecule has 0 bridgehead atoms. The highest BCUT2D eigenvalue weighted by atomic mass is 15.2. The predicted octanol–water partition coefficient (Wildman–Crippen LogP) is 3.43. The Kier molecular flexibility index (Phi) is 3.70. The summed E-state index contributed by atoms with van der Waals surface area (Å²) in [5.41, 5.74) is 2.36. The summed E-state index contributed by atoms with van der Waals surface area (Å²) in [7, 11) is 1.94. The first-order valence-electron chi connectivity index (χ1n) is 6.53. The van der Waals surface area contributed by atoms with E-state index in [1.165, 1.54) is 16.3 Å². The first kappa shape index (κ1) is 12.7. The molecule has 96 valence electrons. The van der Waals surface area contributed by atoms with Crippen molar-refractivity contribution in [2.75, 3.05) is 30.4 Å². The van der Waals surface area contributed by atoms with E-state index in [0.29, 0.717) is 0 Å². The summed E-state index contributed by atoms with van der Waals surface area (Å²) in [6, 6.07) is 6.41. The molecule has 0 unspecified atom stereocenters. The van der Waals surface area contributed by atoms with Crippen LogP contribution in [-0.2, 0) is 0 Å². The standard InChI is InChI=1S/C15H21N3/c1-5-18(6-2)15-14-11(3)8-7-9-12(14)13(16-4)10-17-15/h7-10,16H,5-6H2,1-4H3. The van der Waals surface area contributed by atoms with Crippen molar-refractivity contribution in [2.45, 2.75) is 20.8 Å². The Morgan fingerprint density at radius 2 is 1.94 bits per heavy atom. The number of nitrogens with one attached hydrogen (secondary N) is 1. The molecule has 1 heterocycles. The highest BCUT2D eigenvalue weighted by Crippen LogP contribution is 2.32. The van der Waals surface area contributed by atoms with Crippen LogP contribution in [0.3, 0.4) is 0 Å². The van der Waals surface area contributed by atoms with Gasteiger partial charge in [0.2, 0.25) is 0 Å². The van der Waals surface area contributed by atoms with Crippen LogP contribution in [0.4, 0.5) is 11.5 Å². The molecule has 1 N–H and O–H groups in total. The third-order valence-electron chi connectivity index (χ3n) is 3.43. The number of benzene rings is 1. The van der Waals surface area contributed by atoms with Gasteiger partial charge in [0, 0.05) is 30.9 Å². The number of nitrogens with zero attached hydrogens (tertiary/aromatic N) is 2. The van der Waals surface area contributed by atoms with Crippen LogP contribution in [0.25, 0.3) is 10.8 Å². The molecule has 2 aromatic rings. The van der Waals surface area contributed by atoms with Crippen molar-refractivity contribution in [2.24, 2.45) is 0 Å². The lowest BCUT2D eigenvalue weighted by molar-refractivity contribution is 0.851. The van der Waals surface area contributed by atoms with Crippen LogP contribution in [0.1, 0.15) is 19.4 Å². The molecule has 0 aliphatic carbocycles. The zero-order valence-corrected chi connectivity index (χ0v) is 11.6. The predicted molar refractivity (Wildman–Crippen MR) is 79.6 cm³/mol. The molecular weight excluding hydrogens is 222 g/mol. The number of hydrogen-bond donors (Lipinski definition) is 1. The fraction of sp³-hybridized carbons (Fsp3) is 0.400. The van der Waals surface area contributed by atoms with Gasteiger partial charge >= 0.3 is 0 Å². The molecule has 0 aliphatic rings. The molecule has 1 aromatic heterocycles. The van der Waals surface area contributed by atoms with Crippen molar-refractivity contribution in [1.82, 2.24) is 4.98 Å². The maximum atomic E-state index is 4.64. The minimum atomic E-state index is 0.978. The van der Waals surface area contributed by atoms with E-state index in [1.807, 2.05) is 13.2 Å². The van der Waals surface area contributed by atoms with Crippen LogP contribution < -0.4 is 10.2 Å². The minimum Gasteiger partial charge on any atom is -0.386 e. The van der Waals surface area contributed by atoms with Crippen molar-refractivity contribution in [3.05, 3.63) is 30.0 Å². The largest absolute Gasteiger partial charge is 0.386 e. The van der Waals surface area contributed by atoms with Gasteiger partial charge in [-0.25, -0.2) is 4.98 Å². The Bertz CT molecular complexity index is 545. The molecular formula is C15H21N3. The summed E-state index contributed by atoms with van der Waals surface area (Å²) in [4.78, 5) is 6.94. The van der Waals surface area contributed by atoms with Gasteiger partial charge in [0.1, 0.15) is 5.82 Å². The Morgan fingerprint density at radius 1 is 1.22 bits per heavy atom. The average Bonchev–Trinajstić information content (AvgIpc) is 2.40. The van der Waals surface area contributed by atoms with E-state index in [9.17, 15) is 0 Å².